The molecule has 0 radical (unpaired) electrons. The maximum atomic E-state index is 15.8. The van der Waals surface area contributed by atoms with Gasteiger partial charge in [-0.25, -0.2) is 13.6 Å². The quantitative estimate of drug-likeness (QED) is 0.854. The summed E-state index contributed by atoms with van der Waals surface area (Å²) in [7, 11) is 2.04. The molecular formula is C21H23F2N3O3. The Morgan fingerprint density at radius 2 is 1.93 bits per heavy atom. The number of likely N-dealkylation sites (N-methyl/N-ethyl adjacent to an activating group) is 1. The van der Waals surface area contributed by atoms with Crippen molar-refractivity contribution < 1.29 is 18.7 Å². The molecule has 1 N–H and O–H groups in total. The molecule has 8 heteroatoms. The Bertz CT molecular complexity index is 1080. The molecule has 2 unspecified atom stereocenters. The normalized spacial score (nSPS) is 24.9. The van der Waals surface area contributed by atoms with Crippen LogP contribution in [-0.2, 0) is 0 Å². The Balaban J connectivity index is 1.70. The van der Waals surface area contributed by atoms with Crippen molar-refractivity contribution in [1.29, 1.82) is 0 Å². The maximum absolute atomic E-state index is 15.8. The predicted octanol–water partition coefficient (Wildman–Crippen LogP) is 2.84. The fourth-order valence-electron chi connectivity index (χ4n) is 5.17. The largest absolute Gasteiger partial charge is 0.477 e. The third-order valence-corrected chi connectivity index (χ3v) is 6.71. The van der Waals surface area contributed by atoms with Crippen LogP contribution in [0, 0.1) is 17.6 Å². The molecule has 2 atom stereocenters. The number of anilines is 1. The second kappa shape index (κ2) is 6.52. The lowest BCUT2D eigenvalue weighted by Gasteiger charge is -2.33. The monoisotopic (exact) mass is 403 g/mol. The summed E-state index contributed by atoms with van der Waals surface area (Å²) in [4.78, 5) is 28.1. The smallest absolute Gasteiger partial charge is 0.352 e. The lowest BCUT2D eigenvalue weighted by Crippen LogP contribution is -2.42. The first-order chi connectivity index (χ1) is 13.9. The van der Waals surface area contributed by atoms with Gasteiger partial charge in [0.15, 0.2) is 11.2 Å². The van der Waals surface area contributed by atoms with Crippen LogP contribution < -0.4 is 10.3 Å². The topological polar surface area (TPSA) is 65.8 Å². The predicted molar refractivity (Wildman–Crippen MR) is 105 cm³/mol. The third-order valence-electron chi connectivity index (χ3n) is 6.71. The average molecular weight is 403 g/mol. The van der Waals surface area contributed by atoms with Crippen LogP contribution in [0.3, 0.4) is 0 Å². The first-order valence-electron chi connectivity index (χ1n) is 10.1. The first kappa shape index (κ1) is 18.5. The molecule has 2 saturated heterocycles. The van der Waals surface area contributed by atoms with Gasteiger partial charge in [0.05, 0.1) is 10.9 Å². The van der Waals surface area contributed by atoms with Crippen LogP contribution in [0.5, 0.6) is 0 Å². The Morgan fingerprint density at radius 3 is 2.59 bits per heavy atom. The molecule has 154 valence electrons. The van der Waals surface area contributed by atoms with E-state index in [0.29, 0.717) is 31.8 Å². The zero-order chi connectivity index (χ0) is 20.4. The van der Waals surface area contributed by atoms with Crippen molar-refractivity contribution >= 4 is 22.6 Å². The highest BCUT2D eigenvalue weighted by Gasteiger charge is 2.40. The molecule has 1 aliphatic carbocycles. The standard InChI is InChI=1S/C21H23F2N3O3/c1-24-6-2-3-11-9-25(10-16(11)24)20-14(22)7-13-17(27)8-15(21(28)29)26(12-4-5-12)19(13)18(20)23/h7-8,11-12,16H,2-6,9-10H2,1H3,(H,28,29). The van der Waals surface area contributed by atoms with Gasteiger partial charge in [-0.2, -0.15) is 0 Å². The molecule has 0 spiro atoms. The molecule has 0 bridgehead atoms. The van der Waals surface area contributed by atoms with Crippen molar-refractivity contribution in [2.24, 2.45) is 5.92 Å². The van der Waals surface area contributed by atoms with Crippen molar-refractivity contribution in [1.82, 2.24) is 9.47 Å². The number of piperidine rings is 1. The number of carbonyl (C=O) groups is 1. The van der Waals surface area contributed by atoms with E-state index in [2.05, 4.69) is 4.90 Å². The maximum Gasteiger partial charge on any atom is 0.352 e. The van der Waals surface area contributed by atoms with Crippen LogP contribution in [0.4, 0.5) is 14.5 Å². The van der Waals surface area contributed by atoms with Gasteiger partial charge >= 0.3 is 5.97 Å². The van der Waals surface area contributed by atoms with E-state index < -0.39 is 23.0 Å². The average Bonchev–Trinajstić information content (AvgIpc) is 3.41. The molecule has 1 aromatic heterocycles. The molecule has 5 rings (SSSR count). The van der Waals surface area contributed by atoms with Crippen molar-refractivity contribution in [3.05, 3.63) is 39.7 Å². The molecule has 6 nitrogen and oxygen atoms in total. The van der Waals surface area contributed by atoms with E-state index in [-0.39, 0.29) is 34.4 Å². The zero-order valence-corrected chi connectivity index (χ0v) is 16.2. The number of halogens is 2. The molecule has 1 saturated carbocycles. The van der Waals surface area contributed by atoms with Crippen molar-refractivity contribution in [2.45, 2.75) is 37.8 Å². The number of hydrogen-bond donors (Lipinski definition) is 1. The van der Waals surface area contributed by atoms with Crippen LogP contribution in [0.1, 0.15) is 42.2 Å². The summed E-state index contributed by atoms with van der Waals surface area (Å²) in [6, 6.07) is 2.12. The van der Waals surface area contributed by atoms with E-state index >= 15 is 8.78 Å². The van der Waals surface area contributed by atoms with Gasteiger partial charge in [-0.15, -0.1) is 0 Å². The summed E-state index contributed by atoms with van der Waals surface area (Å²) in [5.41, 5.74) is -1.14. The number of hydrogen-bond acceptors (Lipinski definition) is 4. The summed E-state index contributed by atoms with van der Waals surface area (Å²) in [5.74, 6) is -2.53. The minimum Gasteiger partial charge on any atom is -0.477 e. The number of aromatic nitrogens is 1. The first-order valence-corrected chi connectivity index (χ1v) is 10.1. The van der Waals surface area contributed by atoms with Gasteiger partial charge in [-0.05, 0) is 51.3 Å². The van der Waals surface area contributed by atoms with Gasteiger partial charge in [0.25, 0.3) is 0 Å². The Morgan fingerprint density at radius 1 is 1.17 bits per heavy atom. The molecule has 3 fully saturated rings. The molecule has 3 aliphatic rings. The number of fused-ring (bicyclic) bond motifs is 2. The van der Waals surface area contributed by atoms with Gasteiger partial charge in [0.1, 0.15) is 17.2 Å². The lowest BCUT2D eigenvalue weighted by atomic mass is 9.93. The lowest BCUT2D eigenvalue weighted by molar-refractivity contribution is 0.0684. The van der Waals surface area contributed by atoms with Crippen LogP contribution in [0.2, 0.25) is 0 Å². The van der Waals surface area contributed by atoms with Gasteiger partial charge in [0, 0.05) is 31.2 Å². The SMILES string of the molecule is CN1CCCC2CN(c3c(F)cc4c(=O)cc(C(=O)O)n(C5CC5)c4c3F)CC21. The Kier molecular flexibility index (Phi) is 4.17. The molecule has 2 aliphatic heterocycles. The number of carboxylic acids is 1. The molecule has 1 aromatic carbocycles. The highest BCUT2D eigenvalue weighted by Crippen LogP contribution is 2.42. The Hall–Kier alpha value is -2.48. The van der Waals surface area contributed by atoms with Crippen LogP contribution >= 0.6 is 0 Å². The highest BCUT2D eigenvalue weighted by atomic mass is 19.1. The summed E-state index contributed by atoms with van der Waals surface area (Å²) in [6.45, 7) is 2.05. The van der Waals surface area contributed by atoms with E-state index in [9.17, 15) is 14.7 Å². The summed E-state index contributed by atoms with van der Waals surface area (Å²) in [6.07, 6.45) is 3.52. The van der Waals surface area contributed by atoms with Gasteiger partial charge in [-0.1, -0.05) is 0 Å². The molecular weight excluding hydrogens is 380 g/mol. The van der Waals surface area contributed by atoms with E-state index in [1.165, 1.54) is 4.57 Å². The van der Waals surface area contributed by atoms with Crippen LogP contribution in [0.15, 0.2) is 16.9 Å². The molecule has 29 heavy (non-hydrogen) atoms. The Labute approximate surface area is 166 Å². The summed E-state index contributed by atoms with van der Waals surface area (Å²) in [5, 5.41) is 9.45. The number of pyridine rings is 1. The van der Waals surface area contributed by atoms with E-state index in [4.69, 9.17) is 0 Å². The van der Waals surface area contributed by atoms with Crippen molar-refractivity contribution in [2.75, 3.05) is 31.6 Å². The number of aromatic carboxylic acids is 1. The minimum atomic E-state index is -1.28. The van der Waals surface area contributed by atoms with Gasteiger partial charge < -0.3 is 19.5 Å². The number of rotatable bonds is 3. The van der Waals surface area contributed by atoms with E-state index in [0.717, 1.165) is 31.5 Å². The fourth-order valence-corrected chi connectivity index (χ4v) is 5.17. The number of carboxylic acid groups (broad SMARTS) is 1. The fraction of sp³-hybridized carbons (Fsp3) is 0.524. The molecule has 2 aromatic rings. The van der Waals surface area contributed by atoms with Crippen molar-refractivity contribution in [3.63, 3.8) is 0 Å². The van der Waals surface area contributed by atoms with E-state index in [1.54, 1.807) is 4.90 Å². The second-order valence-electron chi connectivity index (χ2n) is 8.57. The third kappa shape index (κ3) is 2.84. The number of benzene rings is 1. The van der Waals surface area contributed by atoms with E-state index in [1.807, 2.05) is 7.05 Å². The summed E-state index contributed by atoms with van der Waals surface area (Å²) >= 11 is 0. The van der Waals surface area contributed by atoms with Crippen LogP contribution in [-0.4, -0.2) is 53.3 Å². The minimum absolute atomic E-state index is 0.0861. The number of nitrogens with zero attached hydrogens (tertiary/aromatic N) is 3. The van der Waals surface area contributed by atoms with Crippen LogP contribution in [0.25, 0.3) is 10.9 Å². The van der Waals surface area contributed by atoms with Gasteiger partial charge in [0.2, 0.25) is 0 Å². The van der Waals surface area contributed by atoms with Gasteiger partial charge in [-0.3, -0.25) is 4.79 Å². The van der Waals surface area contributed by atoms with Crippen molar-refractivity contribution in [3.8, 4) is 0 Å². The summed E-state index contributed by atoms with van der Waals surface area (Å²) < 4.78 is 32.2. The number of likely N-dealkylation sites (tertiary alicyclic amines) is 1. The molecule has 0 amide bonds. The zero-order valence-electron chi connectivity index (χ0n) is 16.2. The second-order valence-corrected chi connectivity index (χ2v) is 8.57. The highest BCUT2D eigenvalue weighted by molar-refractivity contribution is 5.92. The molecule has 3 heterocycles.